The molecule has 30 heavy (non-hydrogen) atoms. The first kappa shape index (κ1) is 19.6. The summed E-state index contributed by atoms with van der Waals surface area (Å²) in [5.41, 5.74) is 4.72. The summed E-state index contributed by atoms with van der Waals surface area (Å²) in [7, 11) is 0. The second kappa shape index (κ2) is 7.72. The van der Waals surface area contributed by atoms with Crippen LogP contribution >= 0.6 is 0 Å². The van der Waals surface area contributed by atoms with E-state index in [4.69, 9.17) is 0 Å². The maximum absolute atomic E-state index is 12.5. The number of rotatable bonds is 7. The molecule has 5 rings (SSSR count). The zero-order valence-electron chi connectivity index (χ0n) is 16.8. The van der Waals surface area contributed by atoms with Gasteiger partial charge in [0.2, 0.25) is 0 Å². The molecule has 0 saturated heterocycles. The molecule has 3 aromatic rings. The number of aromatic amines is 1. The van der Waals surface area contributed by atoms with Crippen LogP contribution in [0.1, 0.15) is 48.9 Å². The molecule has 0 spiro atoms. The van der Waals surface area contributed by atoms with Crippen molar-refractivity contribution in [1.82, 2.24) is 24.9 Å². The summed E-state index contributed by atoms with van der Waals surface area (Å²) in [5.74, 6) is 0. The van der Waals surface area contributed by atoms with Gasteiger partial charge in [0, 0.05) is 42.7 Å². The molecule has 2 aromatic heterocycles. The van der Waals surface area contributed by atoms with Crippen LogP contribution in [0.5, 0.6) is 0 Å². The third kappa shape index (κ3) is 4.10. The van der Waals surface area contributed by atoms with Gasteiger partial charge in [-0.2, -0.15) is 23.4 Å². The Morgan fingerprint density at radius 1 is 1.13 bits per heavy atom. The fraction of sp³-hybridized carbons (Fsp3) is 0.545. The average Bonchev–Trinajstić information content (AvgIpc) is 3.29. The summed E-state index contributed by atoms with van der Waals surface area (Å²) in [6.07, 6.45) is 4.58. The number of nitrogens with zero attached hydrogens (tertiary/aromatic N) is 4. The zero-order chi connectivity index (χ0) is 20.7. The average molecular weight is 417 g/mol. The zero-order valence-corrected chi connectivity index (χ0v) is 16.8. The van der Waals surface area contributed by atoms with Crippen molar-refractivity contribution in [2.24, 2.45) is 0 Å². The first-order chi connectivity index (χ1) is 14.5. The van der Waals surface area contributed by atoms with Crippen LogP contribution in [0, 0.1) is 0 Å². The van der Waals surface area contributed by atoms with E-state index in [1.165, 1.54) is 29.7 Å². The van der Waals surface area contributed by atoms with Crippen LogP contribution in [0.2, 0.25) is 0 Å². The molecule has 5 nitrogen and oxygen atoms in total. The van der Waals surface area contributed by atoms with E-state index in [-0.39, 0.29) is 13.0 Å². The molecule has 160 valence electrons. The highest BCUT2D eigenvalue weighted by Crippen LogP contribution is 2.35. The lowest BCUT2D eigenvalue weighted by atomic mass is 9.92. The van der Waals surface area contributed by atoms with Crippen LogP contribution in [0.15, 0.2) is 30.6 Å². The lowest BCUT2D eigenvalue weighted by Gasteiger charge is -2.34. The number of H-pyrrole nitrogens is 1. The molecule has 8 heteroatoms. The fourth-order valence-corrected chi connectivity index (χ4v) is 4.75. The van der Waals surface area contributed by atoms with Crippen LogP contribution in [-0.4, -0.2) is 43.1 Å². The molecule has 2 heterocycles. The van der Waals surface area contributed by atoms with Gasteiger partial charge < -0.3 is 0 Å². The molecular weight excluding hydrogens is 391 g/mol. The predicted molar refractivity (Wildman–Crippen MR) is 108 cm³/mol. The topological polar surface area (TPSA) is 49.7 Å². The largest absolute Gasteiger partial charge is 0.389 e. The summed E-state index contributed by atoms with van der Waals surface area (Å²) in [6.45, 7) is 1.14. The van der Waals surface area contributed by atoms with Crippen molar-refractivity contribution in [1.29, 1.82) is 0 Å². The maximum Gasteiger partial charge on any atom is 0.389 e. The molecule has 2 aliphatic carbocycles. The summed E-state index contributed by atoms with van der Waals surface area (Å²) in [6, 6.07) is 7.21. The van der Waals surface area contributed by atoms with Gasteiger partial charge in [0.1, 0.15) is 0 Å². The van der Waals surface area contributed by atoms with E-state index < -0.39 is 12.6 Å². The summed E-state index contributed by atoms with van der Waals surface area (Å²) >= 11 is 0. The van der Waals surface area contributed by atoms with Crippen LogP contribution in [0.4, 0.5) is 13.2 Å². The van der Waals surface area contributed by atoms with E-state index >= 15 is 0 Å². The van der Waals surface area contributed by atoms with Gasteiger partial charge in [0.25, 0.3) is 0 Å². The molecule has 0 bridgehead atoms. The van der Waals surface area contributed by atoms with Gasteiger partial charge in [0.05, 0.1) is 17.9 Å². The fourth-order valence-electron chi connectivity index (χ4n) is 4.75. The molecule has 1 unspecified atom stereocenters. The van der Waals surface area contributed by atoms with Gasteiger partial charge in [-0.1, -0.05) is 12.1 Å². The van der Waals surface area contributed by atoms with Crippen LogP contribution < -0.4 is 0 Å². The van der Waals surface area contributed by atoms with E-state index in [0.717, 1.165) is 36.7 Å². The van der Waals surface area contributed by atoms with E-state index in [9.17, 15) is 13.2 Å². The minimum atomic E-state index is -4.12. The van der Waals surface area contributed by atoms with Crippen LogP contribution in [0.3, 0.4) is 0 Å². The van der Waals surface area contributed by atoms with Crippen molar-refractivity contribution in [2.75, 3.05) is 0 Å². The number of aryl methyl sites for hydroxylation is 2. The summed E-state index contributed by atoms with van der Waals surface area (Å²) in [4.78, 5) is 2.63. The maximum atomic E-state index is 12.5. The Balaban J connectivity index is 1.34. The second-order valence-electron chi connectivity index (χ2n) is 8.61. The minimum Gasteiger partial charge on any atom is -0.293 e. The van der Waals surface area contributed by atoms with Crippen LogP contribution in [-0.2, 0) is 25.9 Å². The molecule has 1 atom stereocenters. The Kier molecular flexibility index (Phi) is 5.05. The van der Waals surface area contributed by atoms with Gasteiger partial charge >= 0.3 is 6.18 Å². The molecule has 0 amide bonds. The SMILES string of the molecule is FC(F)(F)CCCn1ncc2c(CN(C3CC3)C3CCc4[nH]ncc4C3)cccc21. The van der Waals surface area contributed by atoms with Crippen molar-refractivity contribution in [2.45, 2.75) is 76.3 Å². The summed E-state index contributed by atoms with van der Waals surface area (Å²) in [5, 5.41) is 12.8. The van der Waals surface area contributed by atoms with Crippen molar-refractivity contribution < 1.29 is 13.2 Å². The molecule has 1 fully saturated rings. The second-order valence-corrected chi connectivity index (χ2v) is 8.61. The van der Waals surface area contributed by atoms with E-state index in [1.807, 2.05) is 24.5 Å². The van der Waals surface area contributed by atoms with Gasteiger partial charge in [0.15, 0.2) is 0 Å². The van der Waals surface area contributed by atoms with Gasteiger partial charge in [-0.3, -0.25) is 14.7 Å². The molecule has 2 aliphatic rings. The Morgan fingerprint density at radius 2 is 2.00 bits per heavy atom. The highest BCUT2D eigenvalue weighted by Gasteiger charge is 2.36. The molecular formula is C22H26F3N5. The highest BCUT2D eigenvalue weighted by atomic mass is 19.4. The van der Waals surface area contributed by atoms with E-state index in [0.29, 0.717) is 12.1 Å². The number of benzene rings is 1. The minimum absolute atomic E-state index is 0.0494. The van der Waals surface area contributed by atoms with Crippen molar-refractivity contribution in [3.8, 4) is 0 Å². The molecule has 1 N–H and O–H groups in total. The predicted octanol–water partition coefficient (Wildman–Crippen LogP) is 4.62. The third-order valence-electron chi connectivity index (χ3n) is 6.44. The number of fused-ring (bicyclic) bond motifs is 2. The molecule has 0 aliphatic heterocycles. The number of aromatic nitrogens is 4. The lowest BCUT2D eigenvalue weighted by Crippen LogP contribution is -2.40. The Bertz CT molecular complexity index is 1020. The quantitative estimate of drug-likeness (QED) is 0.610. The molecule has 0 radical (unpaired) electrons. The molecule has 1 saturated carbocycles. The van der Waals surface area contributed by atoms with E-state index in [1.54, 1.807) is 4.68 Å². The van der Waals surface area contributed by atoms with Crippen molar-refractivity contribution in [3.05, 3.63) is 47.4 Å². The third-order valence-corrected chi connectivity index (χ3v) is 6.44. The standard InChI is InChI=1S/C22H26F3N5/c23-22(24,25)9-2-10-30-21-4-1-3-15(19(21)13-27-30)14-29(17-5-6-17)18-7-8-20-16(11-18)12-26-28-20/h1,3-4,12-13,17-18H,2,5-11,14H2,(H,26,28). The Hall–Kier alpha value is -2.35. The number of hydrogen-bond acceptors (Lipinski definition) is 3. The van der Waals surface area contributed by atoms with Gasteiger partial charge in [-0.05, 0) is 55.7 Å². The Labute approximate surface area is 173 Å². The number of alkyl halides is 3. The van der Waals surface area contributed by atoms with Gasteiger partial charge in [-0.15, -0.1) is 0 Å². The normalized spacial score (nSPS) is 19.5. The summed E-state index contributed by atoms with van der Waals surface area (Å²) < 4.78 is 39.2. The number of halogens is 3. The van der Waals surface area contributed by atoms with Crippen molar-refractivity contribution >= 4 is 10.9 Å². The first-order valence-corrected chi connectivity index (χ1v) is 10.7. The number of nitrogens with one attached hydrogen (secondary N) is 1. The van der Waals surface area contributed by atoms with Crippen LogP contribution in [0.25, 0.3) is 10.9 Å². The monoisotopic (exact) mass is 417 g/mol. The molecule has 1 aromatic carbocycles. The number of hydrogen-bond donors (Lipinski definition) is 1. The van der Waals surface area contributed by atoms with E-state index in [2.05, 4.69) is 26.3 Å². The Morgan fingerprint density at radius 3 is 2.80 bits per heavy atom. The van der Waals surface area contributed by atoms with Crippen molar-refractivity contribution in [3.63, 3.8) is 0 Å². The lowest BCUT2D eigenvalue weighted by molar-refractivity contribution is -0.135. The van der Waals surface area contributed by atoms with Gasteiger partial charge in [-0.25, -0.2) is 0 Å². The highest BCUT2D eigenvalue weighted by molar-refractivity contribution is 5.82. The smallest absolute Gasteiger partial charge is 0.293 e. The first-order valence-electron chi connectivity index (χ1n) is 10.7.